The molecule has 5 rings (SSSR count). The smallest absolute Gasteiger partial charge is 0.261 e. The van der Waals surface area contributed by atoms with Gasteiger partial charge in [-0.1, -0.05) is 54.1 Å². The van der Waals surface area contributed by atoms with Crippen LogP contribution in [-0.2, 0) is 6.42 Å². The molecule has 0 aliphatic heterocycles. The summed E-state index contributed by atoms with van der Waals surface area (Å²) >= 11 is 7.86. The van der Waals surface area contributed by atoms with Crippen LogP contribution < -0.4 is 5.32 Å². The number of carbonyl (C=O) groups excluding carboxylic acids is 1. The van der Waals surface area contributed by atoms with E-state index in [4.69, 9.17) is 11.6 Å². The third-order valence-corrected chi connectivity index (χ3v) is 6.68. The van der Waals surface area contributed by atoms with Crippen molar-refractivity contribution in [3.05, 3.63) is 75.8 Å². The number of fused-ring (bicyclic) bond motifs is 4. The van der Waals surface area contributed by atoms with Gasteiger partial charge in [0.2, 0.25) is 0 Å². The lowest BCUT2D eigenvalue weighted by Crippen LogP contribution is -2.30. The normalized spacial score (nSPS) is 16.4. The van der Waals surface area contributed by atoms with Gasteiger partial charge in [0.05, 0.1) is 16.4 Å². The maximum absolute atomic E-state index is 13.0. The highest BCUT2D eigenvalue weighted by atomic mass is 35.5. The average Bonchev–Trinajstić information content (AvgIpc) is 3.15. The van der Waals surface area contributed by atoms with Gasteiger partial charge in [-0.3, -0.25) is 4.79 Å². The number of aromatic nitrogens is 1. The monoisotopic (exact) mass is 392 g/mol. The van der Waals surface area contributed by atoms with E-state index in [1.807, 2.05) is 36.4 Å². The molecule has 1 N–H and O–H groups in total. The molecular formula is C22H17ClN2OS. The van der Waals surface area contributed by atoms with Gasteiger partial charge in [-0.25, -0.2) is 4.98 Å². The van der Waals surface area contributed by atoms with E-state index >= 15 is 0 Å². The number of aryl methyl sites for hydroxylation is 1. The summed E-state index contributed by atoms with van der Waals surface area (Å²) in [6.45, 7) is 0. The Labute approximate surface area is 166 Å². The molecule has 2 aromatic heterocycles. The van der Waals surface area contributed by atoms with Crippen molar-refractivity contribution in [3.63, 3.8) is 0 Å². The lowest BCUT2D eigenvalue weighted by molar-refractivity contribution is 0.0937. The summed E-state index contributed by atoms with van der Waals surface area (Å²) in [5.74, 6) is -0.0435. The Balaban J connectivity index is 1.52. The molecule has 134 valence electrons. The lowest BCUT2D eigenvalue weighted by Gasteiger charge is -2.26. The van der Waals surface area contributed by atoms with Crippen LogP contribution in [0.2, 0.25) is 5.15 Å². The molecule has 5 heteroatoms. The Morgan fingerprint density at radius 2 is 1.93 bits per heavy atom. The Kier molecular flexibility index (Phi) is 4.10. The van der Waals surface area contributed by atoms with E-state index in [1.165, 1.54) is 22.5 Å². The highest BCUT2D eigenvalue weighted by molar-refractivity contribution is 7.21. The molecule has 0 fully saturated rings. The molecule has 1 aliphatic carbocycles. The molecule has 1 unspecified atom stereocenters. The first-order chi connectivity index (χ1) is 13.2. The van der Waals surface area contributed by atoms with Gasteiger partial charge >= 0.3 is 0 Å². The van der Waals surface area contributed by atoms with Crippen LogP contribution in [0, 0.1) is 0 Å². The SMILES string of the molecule is O=C(NC1CCCc2ccccc21)c1cc2c(Cl)nc3ccccc3c2s1. The molecule has 0 bridgehead atoms. The fourth-order valence-corrected chi connectivity index (χ4v) is 5.31. The molecule has 1 atom stereocenters. The fraction of sp³-hybridized carbons (Fsp3) is 0.182. The number of para-hydroxylation sites is 1. The third-order valence-electron chi connectivity index (χ3n) is 5.22. The van der Waals surface area contributed by atoms with Crippen LogP contribution in [0.1, 0.15) is 39.7 Å². The van der Waals surface area contributed by atoms with Crippen molar-refractivity contribution < 1.29 is 4.79 Å². The zero-order chi connectivity index (χ0) is 18.4. The summed E-state index contributed by atoms with van der Waals surface area (Å²) < 4.78 is 1.01. The van der Waals surface area contributed by atoms with Gasteiger partial charge in [0.15, 0.2) is 0 Å². The number of amides is 1. The van der Waals surface area contributed by atoms with Gasteiger partial charge in [-0.05, 0) is 42.5 Å². The van der Waals surface area contributed by atoms with Gasteiger partial charge in [0.1, 0.15) is 5.15 Å². The maximum atomic E-state index is 13.0. The van der Waals surface area contributed by atoms with Crippen LogP contribution >= 0.6 is 22.9 Å². The Hall–Kier alpha value is -2.43. The van der Waals surface area contributed by atoms with E-state index in [1.54, 1.807) is 0 Å². The highest BCUT2D eigenvalue weighted by Crippen LogP contribution is 2.36. The van der Waals surface area contributed by atoms with Crippen molar-refractivity contribution in [2.24, 2.45) is 0 Å². The highest BCUT2D eigenvalue weighted by Gasteiger charge is 2.23. The molecule has 1 amide bonds. The van der Waals surface area contributed by atoms with Gasteiger partial charge < -0.3 is 5.32 Å². The second-order valence-electron chi connectivity index (χ2n) is 6.89. The minimum absolute atomic E-state index is 0.0435. The van der Waals surface area contributed by atoms with Crippen LogP contribution in [0.15, 0.2) is 54.6 Å². The third kappa shape index (κ3) is 2.89. The van der Waals surface area contributed by atoms with E-state index in [0.717, 1.165) is 40.3 Å². The molecule has 1 aliphatic rings. The zero-order valence-corrected chi connectivity index (χ0v) is 16.1. The Morgan fingerprint density at radius 1 is 1.11 bits per heavy atom. The van der Waals surface area contributed by atoms with E-state index in [9.17, 15) is 4.79 Å². The number of hydrogen-bond donors (Lipinski definition) is 1. The Bertz CT molecular complexity index is 1180. The first kappa shape index (κ1) is 16.7. The van der Waals surface area contributed by atoms with E-state index in [2.05, 4.69) is 28.5 Å². The van der Waals surface area contributed by atoms with E-state index in [-0.39, 0.29) is 11.9 Å². The number of carbonyl (C=O) groups is 1. The van der Waals surface area contributed by atoms with Crippen molar-refractivity contribution in [1.82, 2.24) is 10.3 Å². The maximum Gasteiger partial charge on any atom is 0.261 e. The Morgan fingerprint density at radius 3 is 2.85 bits per heavy atom. The topological polar surface area (TPSA) is 42.0 Å². The fourth-order valence-electron chi connectivity index (χ4n) is 3.92. The molecule has 0 radical (unpaired) electrons. The number of rotatable bonds is 2. The standard InChI is InChI=1S/C22H17ClN2OS/c23-21-16-12-19(27-20(16)15-9-3-4-10-18(15)24-21)22(26)25-17-11-5-7-13-6-1-2-8-14(13)17/h1-4,6,8-10,12,17H,5,7,11H2,(H,25,26). The van der Waals surface area contributed by atoms with Gasteiger partial charge in [-0.15, -0.1) is 11.3 Å². The predicted octanol–water partition coefficient (Wildman–Crippen LogP) is 5.91. The van der Waals surface area contributed by atoms with E-state index < -0.39 is 0 Å². The number of nitrogens with zero attached hydrogens (tertiary/aromatic N) is 1. The summed E-state index contributed by atoms with van der Waals surface area (Å²) in [6, 6.07) is 18.2. The zero-order valence-electron chi connectivity index (χ0n) is 14.5. The van der Waals surface area contributed by atoms with Crippen LogP contribution in [0.3, 0.4) is 0 Å². The first-order valence-electron chi connectivity index (χ1n) is 9.07. The summed E-state index contributed by atoms with van der Waals surface area (Å²) in [5, 5.41) is 5.55. The number of halogens is 1. The van der Waals surface area contributed by atoms with Gasteiger partial charge in [0.25, 0.3) is 5.91 Å². The second-order valence-corrected chi connectivity index (χ2v) is 8.30. The summed E-state index contributed by atoms with van der Waals surface area (Å²) in [7, 11) is 0. The number of hydrogen-bond acceptors (Lipinski definition) is 3. The lowest BCUT2D eigenvalue weighted by atomic mass is 9.88. The predicted molar refractivity (Wildman–Crippen MR) is 112 cm³/mol. The van der Waals surface area contributed by atoms with Crippen molar-refractivity contribution in [3.8, 4) is 0 Å². The molecule has 2 aromatic carbocycles. The van der Waals surface area contributed by atoms with Crippen molar-refractivity contribution >= 4 is 49.8 Å². The molecule has 27 heavy (non-hydrogen) atoms. The van der Waals surface area contributed by atoms with Crippen molar-refractivity contribution in [2.45, 2.75) is 25.3 Å². The molecular weight excluding hydrogens is 376 g/mol. The van der Waals surface area contributed by atoms with Gasteiger partial charge in [-0.2, -0.15) is 0 Å². The largest absolute Gasteiger partial charge is 0.345 e. The summed E-state index contributed by atoms with van der Waals surface area (Å²) in [5.41, 5.74) is 3.43. The quantitative estimate of drug-likeness (QED) is 0.431. The summed E-state index contributed by atoms with van der Waals surface area (Å²) in [4.78, 5) is 18.1. The summed E-state index contributed by atoms with van der Waals surface area (Å²) in [6.07, 6.45) is 3.15. The molecule has 0 saturated carbocycles. The van der Waals surface area contributed by atoms with Crippen LogP contribution in [-0.4, -0.2) is 10.9 Å². The molecule has 0 spiro atoms. The van der Waals surface area contributed by atoms with Crippen molar-refractivity contribution in [1.29, 1.82) is 0 Å². The van der Waals surface area contributed by atoms with Crippen LogP contribution in [0.4, 0.5) is 0 Å². The second kappa shape index (κ2) is 6.63. The number of thiophene rings is 1. The number of benzene rings is 2. The molecule has 0 saturated heterocycles. The van der Waals surface area contributed by atoms with Crippen LogP contribution in [0.25, 0.3) is 21.0 Å². The van der Waals surface area contributed by atoms with E-state index in [0.29, 0.717) is 10.0 Å². The molecule has 2 heterocycles. The molecule has 4 aromatic rings. The number of nitrogens with one attached hydrogen (secondary N) is 1. The average molecular weight is 393 g/mol. The minimum Gasteiger partial charge on any atom is -0.345 e. The van der Waals surface area contributed by atoms with Crippen molar-refractivity contribution in [2.75, 3.05) is 0 Å². The minimum atomic E-state index is -0.0435. The van der Waals surface area contributed by atoms with Crippen LogP contribution in [0.5, 0.6) is 0 Å². The molecule has 3 nitrogen and oxygen atoms in total. The number of pyridine rings is 1. The first-order valence-corrected chi connectivity index (χ1v) is 10.3. The van der Waals surface area contributed by atoms with Gasteiger partial charge in [0, 0.05) is 15.5 Å².